The standard InChI is InChI=1S/C33H35Cl2NO3.C28H25Cl2NO3.C28H27Cl2NO2.C28H34ClNO3.C6H6BClO2/c1-20-18-27-25(16-17-26(36-27)21-8-12-23(34)13-9-21)30(22-10-14-24(35)15-11-22)29(20)28(39-33(5,6)7)19-38-31(37)32(2,3)4;1-16-15-23-21(13-14-22(31-23)17-5-9-19(29)10-6-17)25(18-7-11-20(30)12-8-18)24(16)26(27(32)33)34-28(2,3)4;1-17-15-24-22(13-14-23(31-24)18-5-9-20(29)10-6-18)27(19-7-11-21(30)12-8-19)26(17)25(16-32)33-28(2,3)4;1-17-15-22-21(14-9-18(2)30-22)25(19-10-12-20(29)13-11-19)24(17)23(33-28(6,7)8)16-32-26(31)27(3,4)5;8-6-3-1-5(2-4-6)7(9)10/h8-18,28H,19H2,1-7H3;5-15,26H,1-4H3,(H,32,33);5-15,25,32H,16H2,1-4H3;9-15,23H,16H2,1-8H3;1-4,9-10H/t28-;26-;25-;23-;/m1011./s1. The number of hydrogen-bond donors (Lipinski definition) is 4. The predicted molar refractivity (Wildman–Crippen MR) is 615 cm³/mol. The van der Waals surface area contributed by atoms with Gasteiger partial charge < -0.3 is 48.7 Å². The highest BCUT2D eigenvalue weighted by atomic mass is 35.5. The number of aliphatic hydroxyl groups excluding tert-OH is 1. The number of halogens is 8. The molecule has 12 aromatic carbocycles. The maximum atomic E-state index is 12.7. The first-order valence-electron chi connectivity index (χ1n) is 48.9. The van der Waals surface area contributed by atoms with Gasteiger partial charge in [-0.25, -0.2) is 19.7 Å². The van der Waals surface area contributed by atoms with Crippen LogP contribution in [-0.2, 0) is 42.8 Å². The molecule has 4 aromatic heterocycles. The molecule has 0 spiro atoms. The molecule has 0 fully saturated rings. The number of rotatable bonds is 22. The molecule has 0 radical (unpaired) electrons. The van der Waals surface area contributed by atoms with E-state index < -0.39 is 70.7 Å². The van der Waals surface area contributed by atoms with Crippen LogP contribution in [0.3, 0.4) is 0 Å². The van der Waals surface area contributed by atoms with Gasteiger partial charge in [-0.05, 0) is 394 Å². The van der Waals surface area contributed by atoms with Gasteiger partial charge in [0.2, 0.25) is 0 Å². The predicted octanol–water partition coefficient (Wildman–Crippen LogP) is 33.4. The number of pyridine rings is 4. The Morgan fingerprint density at radius 2 is 0.523 bits per heavy atom. The minimum absolute atomic E-state index is 0.0938. The monoisotopic (exact) mass is 2160 g/mol. The summed E-state index contributed by atoms with van der Waals surface area (Å²) in [5, 5.41) is 46.7. The van der Waals surface area contributed by atoms with Crippen molar-refractivity contribution in [2.45, 2.75) is 206 Å². The van der Waals surface area contributed by atoms with E-state index in [1.54, 1.807) is 36.4 Å². The third kappa shape index (κ3) is 31.5. The van der Waals surface area contributed by atoms with E-state index >= 15 is 0 Å². The Kier molecular flexibility index (Phi) is 38.7. The number of carbonyl (C=O) groups excluding carboxylic acids is 2. The Bertz CT molecular complexity index is 7430. The van der Waals surface area contributed by atoms with Gasteiger partial charge in [0.1, 0.15) is 31.5 Å². The Morgan fingerprint density at radius 1 is 0.295 bits per heavy atom. The van der Waals surface area contributed by atoms with Crippen LogP contribution in [0.25, 0.3) is 122 Å². The zero-order chi connectivity index (χ0) is 109. The number of aryl methyl sites for hydroxylation is 5. The lowest BCUT2D eigenvalue weighted by molar-refractivity contribution is -0.162. The molecule has 17 nitrogen and oxygen atoms in total. The van der Waals surface area contributed by atoms with Crippen molar-refractivity contribution in [3.8, 4) is 78.3 Å². The normalized spacial score (nSPS) is 12.7. The molecule has 0 aliphatic rings. The smallest absolute Gasteiger partial charge is 0.479 e. The second-order valence-corrected chi connectivity index (χ2v) is 46.2. The number of esters is 2. The van der Waals surface area contributed by atoms with Crippen LogP contribution in [0.4, 0.5) is 0 Å². The summed E-state index contributed by atoms with van der Waals surface area (Å²) < 4.78 is 37.0. The van der Waals surface area contributed by atoms with E-state index in [9.17, 15) is 24.6 Å². The van der Waals surface area contributed by atoms with E-state index in [2.05, 4.69) is 50.2 Å². The van der Waals surface area contributed by atoms with E-state index in [1.807, 2.05) is 340 Å². The Balaban J connectivity index is 0.000000171. The van der Waals surface area contributed by atoms with Crippen LogP contribution < -0.4 is 5.46 Å². The number of carboxylic acid groups (broad SMARTS) is 1. The maximum Gasteiger partial charge on any atom is 0.488 e. The van der Waals surface area contributed by atoms with Gasteiger partial charge in [-0.3, -0.25) is 14.6 Å². The number of fused-ring (bicyclic) bond motifs is 4. The van der Waals surface area contributed by atoms with E-state index in [0.29, 0.717) is 51.2 Å². The van der Waals surface area contributed by atoms with Gasteiger partial charge in [-0.2, -0.15) is 0 Å². The largest absolute Gasteiger partial charge is 0.488 e. The summed E-state index contributed by atoms with van der Waals surface area (Å²) in [6.45, 7) is 44.8. The number of benzene rings is 12. The summed E-state index contributed by atoms with van der Waals surface area (Å²) in [5.41, 5.74) is 22.1. The lowest BCUT2D eigenvalue weighted by atomic mass is 9.81. The minimum atomic E-state index is -1.41. The van der Waals surface area contributed by atoms with Crippen molar-refractivity contribution in [2.75, 3.05) is 19.8 Å². The molecule has 0 saturated heterocycles. The molecule has 4 N–H and O–H groups in total. The fraction of sp³-hybridized carbons (Fsp3) is 0.293. The molecule has 16 rings (SSSR count). The SMILES string of the molecule is Cc1cc2nc(-c3ccc(Cl)cc3)ccc2c(-c2ccc(Cl)cc2)c1[C@@H](CO)OC(C)(C)C.Cc1cc2nc(-c3ccc(Cl)cc3)ccc2c(-c2ccc(Cl)cc2)c1[C@@H](COC(=O)C(C)(C)C)OC(C)(C)C.Cc1cc2nc(-c3ccc(Cl)cc3)ccc2c(-c2ccc(Cl)cc2)c1[C@H](OC(C)(C)C)C(=O)O.Cc1ccc2c(-c3ccc(Cl)cc3)c([C@@H](COC(=O)C(C)(C)C)OC(C)(C)C)c(C)cc2n1.OB(O)c1ccc(Cl)cc1. The van der Waals surface area contributed by atoms with Gasteiger partial charge in [0.05, 0.1) is 79.0 Å². The Morgan fingerprint density at radius 3 is 0.772 bits per heavy atom. The number of carboxylic acids is 1. The van der Waals surface area contributed by atoms with Crippen LogP contribution in [0.2, 0.25) is 40.2 Å². The maximum absolute atomic E-state index is 12.7. The van der Waals surface area contributed by atoms with Crippen LogP contribution in [-0.4, -0.2) is 107 Å². The molecule has 0 unspecified atom stereocenters. The quantitative estimate of drug-likeness (QED) is 0.0364. The average molecular weight is 2160 g/mol. The minimum Gasteiger partial charge on any atom is -0.479 e. The van der Waals surface area contributed by atoms with Gasteiger partial charge in [0.15, 0.2) is 6.10 Å². The average Bonchev–Trinajstić information content (AvgIpc) is 0.565. The van der Waals surface area contributed by atoms with Crippen molar-refractivity contribution in [2.24, 2.45) is 10.8 Å². The molecular weight excluding hydrogens is 2040 g/mol. The molecule has 0 saturated carbocycles. The number of aromatic nitrogens is 4. The third-order valence-electron chi connectivity index (χ3n) is 23.8. The summed E-state index contributed by atoms with van der Waals surface area (Å²) in [7, 11) is -1.41. The summed E-state index contributed by atoms with van der Waals surface area (Å²) in [5.74, 6) is -1.57. The highest BCUT2D eigenvalue weighted by Gasteiger charge is 2.37. The molecule has 149 heavy (non-hydrogen) atoms. The molecular formula is C123H127BCl8N4O13. The first-order valence-corrected chi connectivity index (χ1v) is 52.0. The van der Waals surface area contributed by atoms with Gasteiger partial charge in [-0.1, -0.05) is 214 Å². The highest BCUT2D eigenvalue weighted by molar-refractivity contribution is 6.58. The molecule has 4 heterocycles. The molecule has 16 aromatic rings. The number of aliphatic hydroxyl groups is 1. The van der Waals surface area contributed by atoms with E-state index in [4.69, 9.17) is 151 Å². The van der Waals surface area contributed by atoms with Crippen molar-refractivity contribution >= 4 is 167 Å². The second kappa shape index (κ2) is 49.5. The fourth-order valence-corrected chi connectivity index (χ4v) is 18.2. The molecule has 0 aliphatic carbocycles. The molecule has 0 aliphatic heterocycles. The van der Waals surface area contributed by atoms with Crippen LogP contribution in [0, 0.1) is 45.4 Å². The van der Waals surface area contributed by atoms with Gasteiger partial charge >= 0.3 is 25.0 Å². The van der Waals surface area contributed by atoms with Crippen molar-refractivity contribution in [1.29, 1.82) is 0 Å². The number of hydrogen-bond acceptors (Lipinski definition) is 16. The molecule has 0 amide bonds. The van der Waals surface area contributed by atoms with Crippen molar-refractivity contribution in [3.63, 3.8) is 0 Å². The first-order chi connectivity index (χ1) is 69.9. The summed E-state index contributed by atoms with van der Waals surface area (Å²) in [6, 6.07) is 84.3. The number of nitrogens with zero attached hydrogens (tertiary/aromatic N) is 4. The highest BCUT2D eigenvalue weighted by Crippen LogP contribution is 2.48. The summed E-state index contributed by atoms with van der Waals surface area (Å²) in [4.78, 5) is 57.4. The van der Waals surface area contributed by atoms with Crippen molar-refractivity contribution < 1.29 is 63.1 Å². The Labute approximate surface area is 915 Å². The van der Waals surface area contributed by atoms with Crippen LogP contribution in [0.15, 0.2) is 267 Å². The van der Waals surface area contributed by atoms with Gasteiger partial charge in [-0.15, -0.1) is 0 Å². The molecule has 4 atom stereocenters. The number of aliphatic carboxylic acids is 1. The summed E-state index contributed by atoms with van der Waals surface area (Å²) >= 11 is 48.5. The van der Waals surface area contributed by atoms with Crippen molar-refractivity contribution in [1.82, 2.24) is 19.9 Å². The number of ether oxygens (including phenoxy) is 6. The molecule has 26 heteroatoms. The topological polar surface area (TPSA) is 239 Å². The van der Waals surface area contributed by atoms with Gasteiger partial charge in [0.25, 0.3) is 0 Å². The second-order valence-electron chi connectivity index (χ2n) is 42.7. The molecule has 0 bridgehead atoms. The van der Waals surface area contributed by atoms with Crippen LogP contribution in [0.1, 0.15) is 199 Å². The lowest BCUT2D eigenvalue weighted by Crippen LogP contribution is -2.30. The van der Waals surface area contributed by atoms with Gasteiger partial charge in [0, 0.05) is 89.7 Å². The summed E-state index contributed by atoms with van der Waals surface area (Å²) in [6.07, 6.45) is -2.57. The van der Waals surface area contributed by atoms with Crippen LogP contribution in [0.5, 0.6) is 0 Å². The fourth-order valence-electron chi connectivity index (χ4n) is 17.2. The van der Waals surface area contributed by atoms with E-state index in [0.717, 1.165) is 167 Å². The van der Waals surface area contributed by atoms with Crippen molar-refractivity contribution in [3.05, 3.63) is 357 Å². The molecule has 776 valence electrons. The first kappa shape index (κ1) is 116. The lowest BCUT2D eigenvalue weighted by Gasteiger charge is -2.31. The third-order valence-corrected chi connectivity index (χ3v) is 25.8. The van der Waals surface area contributed by atoms with E-state index in [1.165, 1.54) is 0 Å². The number of carbonyl (C=O) groups is 3. The zero-order valence-corrected chi connectivity index (χ0v) is 94.2. The van der Waals surface area contributed by atoms with Crippen LogP contribution >= 0.6 is 92.8 Å². The zero-order valence-electron chi connectivity index (χ0n) is 88.2. The van der Waals surface area contributed by atoms with E-state index in [-0.39, 0.29) is 31.8 Å². The Hall–Kier alpha value is -11.2.